The number of piperidine rings is 1. The van der Waals surface area contributed by atoms with Crippen molar-refractivity contribution in [2.75, 3.05) is 0 Å². The summed E-state index contributed by atoms with van der Waals surface area (Å²) in [6.45, 7) is 33.5. The van der Waals surface area contributed by atoms with Crippen molar-refractivity contribution in [3.8, 4) is 0 Å². The first-order chi connectivity index (χ1) is 14.8. The second-order valence-electron chi connectivity index (χ2n) is 17.1. The summed E-state index contributed by atoms with van der Waals surface area (Å²) >= 11 is 0. The van der Waals surface area contributed by atoms with E-state index in [1.54, 1.807) is 0 Å². The van der Waals surface area contributed by atoms with Crippen molar-refractivity contribution in [3.05, 3.63) is 0 Å². The first kappa shape index (κ1) is 26.0. The van der Waals surface area contributed by atoms with Gasteiger partial charge in [-0.3, -0.25) is 0 Å². The summed E-state index contributed by atoms with van der Waals surface area (Å²) in [5, 5.41) is 4.44. The Morgan fingerprint density at radius 1 is 0.788 bits per heavy atom. The lowest BCUT2D eigenvalue weighted by molar-refractivity contribution is -0.0185. The Hall–Kier alpha value is -0.0400. The largest absolute Gasteiger partial charge is 0.310 e. The molecular weight excluding hydrogens is 398 g/mol. The SMILES string of the molecule is CCC(CC(C)(C)C)C1(C)CC(C)(C(C)CC(C)(C)C)C2C3NC(C21)C1(C)CCC3(C)C1C. The lowest BCUT2D eigenvalue weighted by atomic mass is 9.56. The van der Waals surface area contributed by atoms with Crippen LogP contribution in [0.3, 0.4) is 0 Å². The summed E-state index contributed by atoms with van der Waals surface area (Å²) < 4.78 is 0. The Morgan fingerprint density at radius 2 is 1.24 bits per heavy atom. The molecule has 2 heterocycles. The summed E-state index contributed by atoms with van der Waals surface area (Å²) in [7, 11) is 0. The summed E-state index contributed by atoms with van der Waals surface area (Å²) in [5.41, 5.74) is 2.58. The average molecular weight is 458 g/mol. The molecule has 2 saturated heterocycles. The number of nitrogens with one attached hydrogen (secondary N) is 1. The van der Waals surface area contributed by atoms with Gasteiger partial charge >= 0.3 is 0 Å². The van der Waals surface area contributed by atoms with Crippen LogP contribution in [0.4, 0.5) is 0 Å². The van der Waals surface area contributed by atoms with Gasteiger partial charge in [-0.15, -0.1) is 0 Å². The molecule has 33 heavy (non-hydrogen) atoms. The van der Waals surface area contributed by atoms with Gasteiger partial charge in [0, 0.05) is 12.1 Å². The van der Waals surface area contributed by atoms with E-state index in [2.05, 4.69) is 95.3 Å². The minimum atomic E-state index is 0.399. The minimum Gasteiger partial charge on any atom is -0.310 e. The predicted octanol–water partition coefficient (Wildman–Crippen LogP) is 8.97. The van der Waals surface area contributed by atoms with Crippen molar-refractivity contribution in [1.29, 1.82) is 0 Å². The molecule has 0 spiro atoms. The fourth-order valence-corrected chi connectivity index (χ4v) is 10.9. The van der Waals surface area contributed by atoms with Gasteiger partial charge in [-0.2, -0.15) is 0 Å². The molecule has 11 atom stereocenters. The second-order valence-corrected chi connectivity index (χ2v) is 17.1. The van der Waals surface area contributed by atoms with E-state index in [0.717, 1.165) is 29.6 Å². The van der Waals surface area contributed by atoms with Gasteiger partial charge in [-0.05, 0) is 94.2 Å². The minimum absolute atomic E-state index is 0.399. The van der Waals surface area contributed by atoms with Crippen LogP contribution in [0.25, 0.3) is 0 Å². The fourth-order valence-electron chi connectivity index (χ4n) is 10.9. The van der Waals surface area contributed by atoms with Gasteiger partial charge in [0.05, 0.1) is 0 Å². The van der Waals surface area contributed by atoms with E-state index >= 15 is 0 Å². The monoisotopic (exact) mass is 457 g/mol. The van der Waals surface area contributed by atoms with Crippen LogP contribution in [0.5, 0.6) is 0 Å². The molecule has 4 fully saturated rings. The van der Waals surface area contributed by atoms with E-state index < -0.39 is 0 Å². The lowest BCUT2D eigenvalue weighted by Crippen LogP contribution is -2.60. The lowest BCUT2D eigenvalue weighted by Gasteiger charge is -2.53. The summed E-state index contributed by atoms with van der Waals surface area (Å²) in [5.74, 6) is 4.08. The third kappa shape index (κ3) is 3.62. The van der Waals surface area contributed by atoms with Crippen LogP contribution in [-0.2, 0) is 0 Å². The molecule has 1 nitrogen and oxygen atoms in total. The second kappa shape index (κ2) is 7.49. The highest BCUT2D eigenvalue weighted by molar-refractivity contribution is 5.28. The summed E-state index contributed by atoms with van der Waals surface area (Å²) in [6.07, 6.45) is 8.36. The molecule has 2 aliphatic heterocycles. The summed E-state index contributed by atoms with van der Waals surface area (Å²) in [6, 6.07) is 1.42. The van der Waals surface area contributed by atoms with Gasteiger partial charge in [0.25, 0.3) is 0 Å². The van der Waals surface area contributed by atoms with E-state index in [1.807, 2.05) is 0 Å². The van der Waals surface area contributed by atoms with E-state index in [-0.39, 0.29) is 0 Å². The van der Waals surface area contributed by atoms with Gasteiger partial charge in [-0.25, -0.2) is 0 Å². The zero-order chi connectivity index (χ0) is 25.0. The van der Waals surface area contributed by atoms with Crippen molar-refractivity contribution < 1.29 is 0 Å². The number of hydrogen-bond acceptors (Lipinski definition) is 1. The Kier molecular flexibility index (Phi) is 5.91. The smallest absolute Gasteiger partial charge is 0.0164 e. The Labute approximate surface area is 208 Å². The molecule has 1 N–H and O–H groups in total. The molecule has 0 aromatic rings. The Morgan fingerprint density at radius 3 is 1.67 bits per heavy atom. The number of hydrogen-bond donors (Lipinski definition) is 1. The van der Waals surface area contributed by atoms with Crippen LogP contribution in [0, 0.1) is 62.1 Å². The fraction of sp³-hybridized carbons (Fsp3) is 1.00. The predicted molar refractivity (Wildman–Crippen MR) is 144 cm³/mol. The normalized spacial score (nSPS) is 51.0. The van der Waals surface area contributed by atoms with Gasteiger partial charge in [0.2, 0.25) is 0 Å². The molecule has 1 heteroatoms. The first-order valence-electron chi connectivity index (χ1n) is 14.6. The van der Waals surface area contributed by atoms with E-state index in [0.29, 0.717) is 44.6 Å². The molecule has 0 aromatic carbocycles. The van der Waals surface area contributed by atoms with Gasteiger partial charge in [0.1, 0.15) is 0 Å². The van der Waals surface area contributed by atoms with Crippen LogP contribution in [0.2, 0.25) is 0 Å². The van der Waals surface area contributed by atoms with Crippen molar-refractivity contribution in [2.45, 2.75) is 141 Å². The molecule has 0 aromatic heterocycles. The van der Waals surface area contributed by atoms with Crippen LogP contribution in [0.15, 0.2) is 0 Å². The Balaban J connectivity index is 1.85. The molecule has 2 aliphatic carbocycles. The molecule has 4 aliphatic rings. The van der Waals surface area contributed by atoms with Crippen molar-refractivity contribution in [2.24, 2.45) is 62.1 Å². The zero-order valence-corrected chi connectivity index (χ0v) is 24.8. The van der Waals surface area contributed by atoms with Crippen LogP contribution < -0.4 is 5.32 Å². The topological polar surface area (TPSA) is 12.0 Å². The van der Waals surface area contributed by atoms with Crippen molar-refractivity contribution in [3.63, 3.8) is 0 Å². The van der Waals surface area contributed by atoms with Gasteiger partial charge in [-0.1, -0.05) is 96.4 Å². The molecule has 192 valence electrons. The zero-order valence-electron chi connectivity index (χ0n) is 24.8. The van der Waals surface area contributed by atoms with Gasteiger partial charge < -0.3 is 5.32 Å². The quantitative estimate of drug-likeness (QED) is 0.434. The highest BCUT2D eigenvalue weighted by Crippen LogP contribution is 2.77. The maximum absolute atomic E-state index is 4.44. The van der Waals surface area contributed by atoms with E-state index in [4.69, 9.17) is 0 Å². The average Bonchev–Trinajstić information content (AvgIpc) is 3.21. The molecule has 0 radical (unpaired) electrons. The van der Waals surface area contributed by atoms with Crippen LogP contribution in [-0.4, -0.2) is 12.1 Å². The number of rotatable bonds is 5. The third-order valence-electron chi connectivity index (χ3n) is 12.7. The van der Waals surface area contributed by atoms with Crippen molar-refractivity contribution in [1.82, 2.24) is 5.32 Å². The summed E-state index contributed by atoms with van der Waals surface area (Å²) in [4.78, 5) is 0. The molecule has 2 saturated carbocycles. The molecule has 4 rings (SSSR count). The maximum Gasteiger partial charge on any atom is 0.0164 e. The van der Waals surface area contributed by atoms with Crippen LogP contribution in [0.1, 0.15) is 129 Å². The van der Waals surface area contributed by atoms with E-state index in [1.165, 1.54) is 38.5 Å². The van der Waals surface area contributed by atoms with Crippen molar-refractivity contribution >= 4 is 0 Å². The first-order valence-corrected chi connectivity index (χ1v) is 14.6. The van der Waals surface area contributed by atoms with Crippen LogP contribution >= 0.6 is 0 Å². The Bertz CT molecular complexity index is 755. The molecular formula is C32H59N. The molecule has 4 bridgehead atoms. The number of fused-ring (bicyclic) bond motifs is 9. The maximum atomic E-state index is 4.44. The molecule has 0 amide bonds. The highest BCUT2D eigenvalue weighted by Gasteiger charge is 2.76. The van der Waals surface area contributed by atoms with E-state index in [9.17, 15) is 0 Å². The molecule has 11 unspecified atom stereocenters. The van der Waals surface area contributed by atoms with Gasteiger partial charge in [0.15, 0.2) is 0 Å². The third-order valence-corrected chi connectivity index (χ3v) is 12.7. The standard InChI is InChI=1S/C32H59N/c1-14-22(18-28(7,8)9)32(13)19-31(12,20(2)17-27(4,5)6)23-24(32)26-30(11)16-15-29(10,21(30)3)25(23)33-26/h20-26,33H,14-19H2,1-13H3. The highest BCUT2D eigenvalue weighted by atomic mass is 15.1.